The summed E-state index contributed by atoms with van der Waals surface area (Å²) < 4.78 is 0. The van der Waals surface area contributed by atoms with Crippen LogP contribution in [0.25, 0.3) is 0 Å². The van der Waals surface area contributed by atoms with E-state index in [1.165, 1.54) is 5.69 Å². The van der Waals surface area contributed by atoms with E-state index < -0.39 is 5.91 Å². The summed E-state index contributed by atoms with van der Waals surface area (Å²) in [6.45, 7) is 6.08. The number of benzene rings is 2. The van der Waals surface area contributed by atoms with Crippen LogP contribution < -0.4 is 16.0 Å². The summed E-state index contributed by atoms with van der Waals surface area (Å²) in [6.07, 6.45) is 1.01. The molecule has 3 rings (SSSR count). The fourth-order valence-corrected chi connectivity index (χ4v) is 3.44. The van der Waals surface area contributed by atoms with E-state index in [1.807, 2.05) is 0 Å². The highest BCUT2D eigenvalue weighted by atomic mass is 35.5. The third-order valence-electron chi connectivity index (χ3n) is 4.71. The zero-order chi connectivity index (χ0) is 18.4. The van der Waals surface area contributed by atoms with E-state index in [2.05, 4.69) is 45.4 Å². The molecule has 0 bridgehead atoms. The minimum atomic E-state index is -0.466. The summed E-state index contributed by atoms with van der Waals surface area (Å²) in [6, 6.07) is 15.7. The van der Waals surface area contributed by atoms with E-state index in [9.17, 15) is 4.79 Å². The van der Waals surface area contributed by atoms with Gasteiger partial charge in [0.25, 0.3) is 5.91 Å². The molecule has 2 aromatic rings. The number of nitrogens with one attached hydrogen (secondary N) is 1. The molecule has 138 valence electrons. The second kappa shape index (κ2) is 8.92. The lowest BCUT2D eigenvalue weighted by atomic mass is 10.1. The Morgan fingerprint density at radius 1 is 1.08 bits per heavy atom. The Morgan fingerprint density at radius 3 is 2.50 bits per heavy atom. The average molecular weight is 373 g/mol. The summed E-state index contributed by atoms with van der Waals surface area (Å²) in [5, 5.41) is 3.81. The molecule has 1 aliphatic rings. The molecular formula is C20H25ClN4O. The largest absolute Gasteiger partial charge is 0.384 e. The zero-order valence-corrected chi connectivity index (χ0v) is 15.6. The lowest BCUT2D eigenvalue weighted by Gasteiger charge is -2.36. The van der Waals surface area contributed by atoms with Crippen molar-refractivity contribution in [3.05, 3.63) is 59.1 Å². The van der Waals surface area contributed by atoms with Gasteiger partial charge in [0.15, 0.2) is 0 Å². The summed E-state index contributed by atoms with van der Waals surface area (Å²) in [7, 11) is 0. The molecule has 0 unspecified atom stereocenters. The van der Waals surface area contributed by atoms with Gasteiger partial charge < -0.3 is 16.0 Å². The SMILES string of the molecule is NC(=O)c1cc(Cl)ccc1NCCCN1CCN(c2ccccc2)CC1. The maximum Gasteiger partial charge on any atom is 0.250 e. The predicted molar refractivity (Wildman–Crippen MR) is 108 cm³/mol. The highest BCUT2D eigenvalue weighted by Gasteiger charge is 2.16. The predicted octanol–water partition coefficient (Wildman–Crippen LogP) is 3.06. The Morgan fingerprint density at radius 2 is 1.81 bits per heavy atom. The quantitative estimate of drug-likeness (QED) is 0.733. The van der Waals surface area contributed by atoms with Crippen LogP contribution in [0, 0.1) is 0 Å². The fourth-order valence-electron chi connectivity index (χ4n) is 3.27. The third kappa shape index (κ3) is 4.90. The number of amides is 1. The van der Waals surface area contributed by atoms with Gasteiger partial charge in [0.05, 0.1) is 5.56 Å². The summed E-state index contributed by atoms with van der Waals surface area (Å²) in [4.78, 5) is 16.4. The monoisotopic (exact) mass is 372 g/mol. The summed E-state index contributed by atoms with van der Waals surface area (Å²) in [5.74, 6) is -0.466. The van der Waals surface area contributed by atoms with Gasteiger partial charge in [-0.3, -0.25) is 9.69 Å². The molecule has 0 aliphatic carbocycles. The molecule has 1 saturated heterocycles. The average Bonchev–Trinajstić information content (AvgIpc) is 2.67. The summed E-state index contributed by atoms with van der Waals surface area (Å²) in [5.41, 5.74) is 7.90. The maximum atomic E-state index is 11.5. The molecule has 1 amide bonds. The van der Waals surface area contributed by atoms with E-state index in [1.54, 1.807) is 18.2 Å². The number of piperazine rings is 1. The van der Waals surface area contributed by atoms with Crippen molar-refractivity contribution in [2.45, 2.75) is 6.42 Å². The van der Waals surface area contributed by atoms with Crippen LogP contribution in [0.5, 0.6) is 0 Å². The Balaban J connectivity index is 1.41. The molecule has 0 radical (unpaired) electrons. The Labute approximate surface area is 159 Å². The van der Waals surface area contributed by atoms with Gasteiger partial charge in [-0.2, -0.15) is 0 Å². The minimum absolute atomic E-state index is 0.439. The van der Waals surface area contributed by atoms with E-state index in [0.717, 1.165) is 51.4 Å². The smallest absolute Gasteiger partial charge is 0.250 e. The fraction of sp³-hybridized carbons (Fsp3) is 0.350. The molecule has 1 aliphatic heterocycles. The first-order valence-corrected chi connectivity index (χ1v) is 9.37. The van der Waals surface area contributed by atoms with Crippen molar-refractivity contribution in [1.82, 2.24) is 4.90 Å². The van der Waals surface area contributed by atoms with Crippen LogP contribution in [-0.2, 0) is 0 Å². The summed E-state index contributed by atoms with van der Waals surface area (Å²) >= 11 is 5.93. The first-order chi connectivity index (χ1) is 12.6. The molecule has 1 fully saturated rings. The molecule has 0 saturated carbocycles. The highest BCUT2D eigenvalue weighted by Crippen LogP contribution is 2.20. The number of carbonyl (C=O) groups is 1. The Bertz CT molecular complexity index is 730. The first kappa shape index (κ1) is 18.5. The van der Waals surface area contributed by atoms with Crippen LogP contribution in [0.3, 0.4) is 0 Å². The van der Waals surface area contributed by atoms with E-state index in [0.29, 0.717) is 10.6 Å². The number of carbonyl (C=O) groups excluding carboxylic acids is 1. The van der Waals surface area contributed by atoms with Crippen molar-refractivity contribution in [2.24, 2.45) is 5.73 Å². The van der Waals surface area contributed by atoms with Crippen LogP contribution >= 0.6 is 11.6 Å². The van der Waals surface area contributed by atoms with Gasteiger partial charge in [0, 0.05) is 49.1 Å². The van der Waals surface area contributed by atoms with Crippen molar-refractivity contribution in [3.8, 4) is 0 Å². The topological polar surface area (TPSA) is 61.6 Å². The number of hydrogen-bond acceptors (Lipinski definition) is 4. The molecule has 0 spiro atoms. The van der Waals surface area contributed by atoms with Crippen molar-refractivity contribution in [1.29, 1.82) is 0 Å². The van der Waals surface area contributed by atoms with Crippen LogP contribution in [-0.4, -0.2) is 50.1 Å². The van der Waals surface area contributed by atoms with E-state index in [-0.39, 0.29) is 0 Å². The van der Waals surface area contributed by atoms with Crippen LogP contribution in [0.15, 0.2) is 48.5 Å². The minimum Gasteiger partial charge on any atom is -0.384 e. The number of primary amides is 1. The third-order valence-corrected chi connectivity index (χ3v) is 4.94. The Kier molecular flexibility index (Phi) is 6.36. The number of hydrogen-bond donors (Lipinski definition) is 2. The number of nitrogens with two attached hydrogens (primary N) is 1. The van der Waals surface area contributed by atoms with Crippen molar-refractivity contribution in [3.63, 3.8) is 0 Å². The molecule has 3 N–H and O–H groups in total. The van der Waals surface area contributed by atoms with Crippen LogP contribution in [0.1, 0.15) is 16.8 Å². The van der Waals surface area contributed by atoms with Gasteiger partial charge in [0.1, 0.15) is 0 Å². The molecule has 6 heteroatoms. The van der Waals surface area contributed by atoms with Gasteiger partial charge in [-0.25, -0.2) is 0 Å². The maximum absolute atomic E-state index is 11.5. The van der Waals surface area contributed by atoms with Crippen molar-refractivity contribution >= 4 is 28.9 Å². The van der Waals surface area contributed by atoms with Gasteiger partial charge in [-0.15, -0.1) is 0 Å². The normalized spacial score (nSPS) is 15.0. The molecule has 0 atom stereocenters. The van der Waals surface area contributed by atoms with E-state index >= 15 is 0 Å². The van der Waals surface area contributed by atoms with E-state index in [4.69, 9.17) is 17.3 Å². The lowest BCUT2D eigenvalue weighted by molar-refractivity contribution is 0.100. The molecular weight excluding hydrogens is 348 g/mol. The molecule has 0 aromatic heterocycles. The standard InChI is InChI=1S/C20H25ClN4O/c21-16-7-8-19(18(15-16)20(22)26)23-9-4-10-24-11-13-25(14-12-24)17-5-2-1-3-6-17/h1-3,5-8,15,23H,4,9-14H2,(H2,22,26). The van der Waals surface area contributed by atoms with Gasteiger partial charge in [-0.05, 0) is 43.3 Å². The zero-order valence-electron chi connectivity index (χ0n) is 14.8. The second-order valence-electron chi connectivity index (χ2n) is 6.50. The molecule has 5 nitrogen and oxygen atoms in total. The lowest BCUT2D eigenvalue weighted by Crippen LogP contribution is -2.46. The van der Waals surface area contributed by atoms with Crippen LogP contribution in [0.4, 0.5) is 11.4 Å². The molecule has 26 heavy (non-hydrogen) atoms. The molecule has 1 heterocycles. The second-order valence-corrected chi connectivity index (χ2v) is 6.94. The first-order valence-electron chi connectivity index (χ1n) is 8.99. The number of para-hydroxylation sites is 1. The van der Waals surface area contributed by atoms with Crippen molar-refractivity contribution < 1.29 is 4.79 Å². The number of anilines is 2. The Hall–Kier alpha value is -2.24. The van der Waals surface area contributed by atoms with Crippen molar-refractivity contribution in [2.75, 3.05) is 49.5 Å². The number of nitrogens with zero attached hydrogens (tertiary/aromatic N) is 2. The number of rotatable bonds is 7. The van der Waals surface area contributed by atoms with Gasteiger partial charge in [-0.1, -0.05) is 29.8 Å². The van der Waals surface area contributed by atoms with Gasteiger partial charge >= 0.3 is 0 Å². The number of halogens is 1. The molecule has 2 aromatic carbocycles. The van der Waals surface area contributed by atoms with Gasteiger partial charge in [0.2, 0.25) is 0 Å². The van der Waals surface area contributed by atoms with Crippen LogP contribution in [0.2, 0.25) is 5.02 Å². The highest BCUT2D eigenvalue weighted by molar-refractivity contribution is 6.31.